The van der Waals surface area contributed by atoms with Gasteiger partial charge in [0.2, 0.25) is 10.0 Å². The monoisotopic (exact) mass is 315 g/mol. The molecule has 118 valence electrons. The van der Waals surface area contributed by atoms with Crippen molar-refractivity contribution in [1.29, 1.82) is 0 Å². The van der Waals surface area contributed by atoms with Gasteiger partial charge in [0.15, 0.2) is 5.69 Å². The number of aryl methyl sites for hydroxylation is 1. The molecule has 1 aromatic rings. The molecule has 0 saturated heterocycles. The fourth-order valence-electron chi connectivity index (χ4n) is 2.88. The van der Waals surface area contributed by atoms with Gasteiger partial charge >= 0.3 is 5.97 Å². The van der Waals surface area contributed by atoms with Crippen LogP contribution in [0.2, 0.25) is 0 Å². The van der Waals surface area contributed by atoms with E-state index in [4.69, 9.17) is 5.11 Å². The van der Waals surface area contributed by atoms with Crippen LogP contribution in [0, 0.1) is 18.8 Å². The third-order valence-electron chi connectivity index (χ3n) is 4.19. The first kappa shape index (κ1) is 16.0. The summed E-state index contributed by atoms with van der Waals surface area (Å²) in [5.74, 6) is -0.578. The zero-order valence-electron chi connectivity index (χ0n) is 12.2. The molecule has 2 rings (SSSR count). The van der Waals surface area contributed by atoms with Crippen LogP contribution in [-0.2, 0) is 10.0 Å². The number of nitrogens with zero attached hydrogens (tertiary/aromatic N) is 1. The second-order valence-electron chi connectivity index (χ2n) is 5.71. The lowest BCUT2D eigenvalue weighted by Gasteiger charge is -2.28. The predicted octanol–water partition coefficient (Wildman–Crippen LogP) is 1.52. The zero-order valence-corrected chi connectivity index (χ0v) is 13.0. The highest BCUT2D eigenvalue weighted by molar-refractivity contribution is 7.89. The molecule has 1 fully saturated rings. The van der Waals surface area contributed by atoms with Gasteiger partial charge in [-0.2, -0.15) is 5.10 Å². The van der Waals surface area contributed by atoms with Crippen molar-refractivity contribution in [1.82, 2.24) is 14.9 Å². The Labute approximate surface area is 124 Å². The summed E-state index contributed by atoms with van der Waals surface area (Å²) >= 11 is 0. The van der Waals surface area contributed by atoms with E-state index < -0.39 is 21.7 Å². The highest BCUT2D eigenvalue weighted by Gasteiger charge is 2.30. The number of hydrogen-bond donors (Lipinski definition) is 3. The van der Waals surface area contributed by atoms with Gasteiger partial charge in [-0.25, -0.2) is 17.9 Å². The topological polar surface area (TPSA) is 112 Å². The predicted molar refractivity (Wildman–Crippen MR) is 76.6 cm³/mol. The molecule has 0 aromatic carbocycles. The molecule has 0 spiro atoms. The van der Waals surface area contributed by atoms with E-state index in [0.29, 0.717) is 18.4 Å². The van der Waals surface area contributed by atoms with E-state index in [-0.39, 0.29) is 10.6 Å². The Morgan fingerprint density at radius 2 is 2.10 bits per heavy atom. The van der Waals surface area contributed by atoms with Crippen molar-refractivity contribution in [3.63, 3.8) is 0 Å². The van der Waals surface area contributed by atoms with Crippen LogP contribution in [0.1, 0.15) is 48.8 Å². The van der Waals surface area contributed by atoms with Crippen molar-refractivity contribution in [2.45, 2.75) is 44.4 Å². The van der Waals surface area contributed by atoms with Crippen molar-refractivity contribution < 1.29 is 18.3 Å². The Bertz CT molecular complexity index is 623. The number of nitrogens with one attached hydrogen (secondary N) is 2. The summed E-state index contributed by atoms with van der Waals surface area (Å²) in [6.45, 7) is 3.97. The molecule has 1 aromatic heterocycles. The summed E-state index contributed by atoms with van der Waals surface area (Å²) in [6, 6.07) is 0. The minimum absolute atomic E-state index is 0.233. The van der Waals surface area contributed by atoms with Crippen LogP contribution in [0.15, 0.2) is 4.90 Å². The molecule has 1 aliphatic rings. The first-order valence-electron chi connectivity index (χ1n) is 7.11. The Morgan fingerprint density at radius 1 is 1.43 bits per heavy atom. The van der Waals surface area contributed by atoms with Gasteiger partial charge in [-0.3, -0.25) is 5.10 Å². The molecule has 7 nitrogen and oxygen atoms in total. The molecular weight excluding hydrogens is 294 g/mol. The second-order valence-corrected chi connectivity index (χ2v) is 7.41. The molecule has 2 unspecified atom stereocenters. The van der Waals surface area contributed by atoms with Gasteiger partial charge in [0.05, 0.1) is 5.69 Å². The Morgan fingerprint density at radius 3 is 2.71 bits per heavy atom. The summed E-state index contributed by atoms with van der Waals surface area (Å²) in [7, 11) is -3.87. The van der Waals surface area contributed by atoms with Gasteiger partial charge in [0.25, 0.3) is 0 Å². The molecule has 21 heavy (non-hydrogen) atoms. The quantitative estimate of drug-likeness (QED) is 0.762. The number of carbonyl (C=O) groups is 1. The largest absolute Gasteiger partial charge is 0.476 e. The maximum absolute atomic E-state index is 12.4. The van der Waals surface area contributed by atoms with Gasteiger partial charge in [0.1, 0.15) is 4.90 Å². The number of aromatic amines is 1. The highest BCUT2D eigenvalue weighted by Crippen LogP contribution is 2.29. The lowest BCUT2D eigenvalue weighted by molar-refractivity contribution is 0.0686. The van der Waals surface area contributed by atoms with Crippen molar-refractivity contribution in [3.8, 4) is 0 Å². The van der Waals surface area contributed by atoms with Crippen LogP contribution >= 0.6 is 0 Å². The van der Waals surface area contributed by atoms with E-state index in [0.717, 1.165) is 19.3 Å². The Kier molecular flexibility index (Phi) is 4.67. The standard InChI is InChI=1S/C13H21N3O4S/c1-8-5-3-4-6-10(8)7-14-21(19,20)12-9(2)15-16-11(12)13(17)18/h8,10,14H,3-7H2,1-2H3,(H,15,16)(H,17,18). The Hall–Kier alpha value is -1.41. The van der Waals surface area contributed by atoms with Crippen LogP contribution in [0.25, 0.3) is 0 Å². The van der Waals surface area contributed by atoms with Gasteiger partial charge in [-0.05, 0) is 25.2 Å². The van der Waals surface area contributed by atoms with Crippen LogP contribution < -0.4 is 4.72 Å². The Balaban J connectivity index is 2.15. The van der Waals surface area contributed by atoms with E-state index >= 15 is 0 Å². The molecule has 1 saturated carbocycles. The van der Waals surface area contributed by atoms with Crippen molar-refractivity contribution in [2.24, 2.45) is 11.8 Å². The van der Waals surface area contributed by atoms with Gasteiger partial charge < -0.3 is 5.11 Å². The lowest BCUT2D eigenvalue weighted by atomic mass is 9.81. The van der Waals surface area contributed by atoms with Crippen LogP contribution in [-0.4, -0.2) is 36.2 Å². The van der Waals surface area contributed by atoms with Gasteiger partial charge in [-0.1, -0.05) is 26.2 Å². The molecule has 3 N–H and O–H groups in total. The fourth-order valence-corrected chi connectivity index (χ4v) is 4.29. The number of carboxylic acids is 1. The fraction of sp³-hybridized carbons (Fsp3) is 0.692. The van der Waals surface area contributed by atoms with E-state index in [1.165, 1.54) is 13.3 Å². The number of rotatable bonds is 5. The third kappa shape index (κ3) is 3.44. The maximum atomic E-state index is 12.4. The normalized spacial score (nSPS) is 23.1. The third-order valence-corrected chi connectivity index (χ3v) is 5.77. The molecule has 1 heterocycles. The average Bonchev–Trinajstić information content (AvgIpc) is 2.81. The SMILES string of the molecule is Cc1[nH]nc(C(=O)O)c1S(=O)(=O)NCC1CCCCC1C. The summed E-state index contributed by atoms with van der Waals surface area (Å²) in [5, 5.41) is 15.0. The number of hydrogen-bond acceptors (Lipinski definition) is 4. The van der Waals surface area contributed by atoms with E-state index in [9.17, 15) is 13.2 Å². The molecule has 0 radical (unpaired) electrons. The molecular formula is C13H21N3O4S. The summed E-state index contributed by atoms with van der Waals surface area (Å²) in [4.78, 5) is 10.8. The van der Waals surface area contributed by atoms with E-state index in [1.54, 1.807) is 0 Å². The van der Waals surface area contributed by atoms with Crippen LogP contribution in [0.5, 0.6) is 0 Å². The molecule has 1 aliphatic carbocycles. The molecule has 0 amide bonds. The lowest BCUT2D eigenvalue weighted by Crippen LogP contribution is -2.34. The number of aromatic nitrogens is 2. The molecule has 2 atom stereocenters. The summed E-state index contributed by atoms with van der Waals surface area (Å²) in [6.07, 6.45) is 4.41. The van der Waals surface area contributed by atoms with Crippen molar-refractivity contribution in [3.05, 3.63) is 11.4 Å². The smallest absolute Gasteiger partial charge is 0.357 e. The minimum Gasteiger partial charge on any atom is -0.476 e. The first-order valence-corrected chi connectivity index (χ1v) is 8.59. The van der Waals surface area contributed by atoms with Gasteiger partial charge in [-0.15, -0.1) is 0 Å². The number of sulfonamides is 1. The first-order chi connectivity index (χ1) is 9.83. The molecule has 0 aliphatic heterocycles. The summed E-state index contributed by atoms with van der Waals surface area (Å²) < 4.78 is 27.3. The van der Waals surface area contributed by atoms with E-state index in [1.807, 2.05) is 0 Å². The van der Waals surface area contributed by atoms with Crippen molar-refractivity contribution >= 4 is 16.0 Å². The second kappa shape index (κ2) is 6.15. The number of aromatic carboxylic acids is 1. The number of H-pyrrole nitrogens is 1. The molecule has 8 heteroatoms. The van der Waals surface area contributed by atoms with Gasteiger partial charge in [0, 0.05) is 6.54 Å². The van der Waals surface area contributed by atoms with Crippen LogP contribution in [0.3, 0.4) is 0 Å². The van der Waals surface area contributed by atoms with E-state index in [2.05, 4.69) is 21.8 Å². The zero-order chi connectivity index (χ0) is 15.6. The van der Waals surface area contributed by atoms with Crippen LogP contribution in [0.4, 0.5) is 0 Å². The highest BCUT2D eigenvalue weighted by atomic mass is 32.2. The molecule has 0 bridgehead atoms. The maximum Gasteiger partial charge on any atom is 0.357 e. The van der Waals surface area contributed by atoms with Crippen molar-refractivity contribution in [2.75, 3.05) is 6.54 Å². The number of carboxylic acid groups (broad SMARTS) is 1. The minimum atomic E-state index is -3.87. The average molecular weight is 315 g/mol. The summed E-state index contributed by atoms with van der Waals surface area (Å²) in [5.41, 5.74) is -0.228.